The summed E-state index contributed by atoms with van der Waals surface area (Å²) < 4.78 is 5.15. The first-order chi connectivity index (χ1) is 15.9. The van der Waals surface area contributed by atoms with Crippen LogP contribution in [0.15, 0.2) is 24.3 Å². The predicted molar refractivity (Wildman–Crippen MR) is 124 cm³/mol. The number of pyridine rings is 1. The van der Waals surface area contributed by atoms with Crippen molar-refractivity contribution in [2.75, 3.05) is 37.6 Å². The lowest BCUT2D eigenvalue weighted by Gasteiger charge is -2.40. The van der Waals surface area contributed by atoms with Gasteiger partial charge >= 0.3 is 5.97 Å². The largest absolute Gasteiger partial charge is 0.457 e. The summed E-state index contributed by atoms with van der Waals surface area (Å²) in [6.07, 6.45) is 2.79. The van der Waals surface area contributed by atoms with Gasteiger partial charge < -0.3 is 19.6 Å². The number of fused-ring (bicyclic) bond motifs is 1. The number of cyclic esters (lactones) is 1. The number of carbonyl (C=O) groups is 1. The van der Waals surface area contributed by atoms with Crippen LogP contribution in [0.5, 0.6) is 0 Å². The Balaban J connectivity index is 1.19. The summed E-state index contributed by atoms with van der Waals surface area (Å²) in [7, 11) is 0. The number of hydrogen-bond donors (Lipinski definition) is 1. The van der Waals surface area contributed by atoms with Gasteiger partial charge in [0.15, 0.2) is 0 Å². The standard InChI is InChI=1S/C26H30N4O3/c1-17-20(4-5-21-22(17)15-33-25(21)32)23(31)14-29-10-7-26(8-11-29)9-12-30(16-26)24-6-3-19(13-27)18(2)28-24/h3-6,23,31H,7-12,14-16H2,1-2H3. The number of aliphatic hydroxyl groups excluding tert-OH is 1. The fraction of sp³-hybridized carbons (Fsp3) is 0.500. The highest BCUT2D eigenvalue weighted by molar-refractivity contribution is 5.93. The van der Waals surface area contributed by atoms with Crippen LogP contribution in [-0.4, -0.2) is 53.7 Å². The third kappa shape index (κ3) is 3.98. The highest BCUT2D eigenvalue weighted by atomic mass is 16.5. The van der Waals surface area contributed by atoms with E-state index in [4.69, 9.17) is 10.00 Å². The van der Waals surface area contributed by atoms with Crippen LogP contribution in [0.4, 0.5) is 5.82 Å². The molecule has 1 N–H and O–H groups in total. The third-order valence-electron chi connectivity index (χ3n) is 7.87. The van der Waals surface area contributed by atoms with E-state index in [0.29, 0.717) is 29.7 Å². The molecular weight excluding hydrogens is 416 g/mol. The van der Waals surface area contributed by atoms with Gasteiger partial charge in [0.1, 0.15) is 18.5 Å². The summed E-state index contributed by atoms with van der Waals surface area (Å²) >= 11 is 0. The fourth-order valence-electron chi connectivity index (χ4n) is 5.66. The molecule has 0 radical (unpaired) electrons. The zero-order valence-electron chi connectivity index (χ0n) is 19.3. The van der Waals surface area contributed by atoms with Crippen LogP contribution in [0, 0.1) is 30.6 Å². The minimum Gasteiger partial charge on any atom is -0.457 e. The molecule has 4 heterocycles. The molecule has 2 saturated heterocycles. The molecule has 33 heavy (non-hydrogen) atoms. The molecule has 1 unspecified atom stereocenters. The molecule has 1 spiro atoms. The van der Waals surface area contributed by atoms with E-state index in [0.717, 1.165) is 73.6 Å². The van der Waals surface area contributed by atoms with Gasteiger partial charge in [-0.05, 0) is 80.9 Å². The molecule has 2 fully saturated rings. The van der Waals surface area contributed by atoms with Gasteiger partial charge in [-0.3, -0.25) is 0 Å². The maximum Gasteiger partial charge on any atom is 0.338 e. The van der Waals surface area contributed by atoms with E-state index in [1.807, 2.05) is 32.0 Å². The highest BCUT2D eigenvalue weighted by Crippen LogP contribution is 2.42. The molecule has 0 saturated carbocycles. The van der Waals surface area contributed by atoms with Crippen LogP contribution >= 0.6 is 0 Å². The number of ether oxygens (including phenoxy) is 1. The van der Waals surface area contributed by atoms with Crippen molar-refractivity contribution in [1.29, 1.82) is 5.26 Å². The highest BCUT2D eigenvalue weighted by Gasteiger charge is 2.41. The molecule has 0 bridgehead atoms. The second-order valence-corrected chi connectivity index (χ2v) is 9.78. The lowest BCUT2D eigenvalue weighted by molar-refractivity contribution is 0.0534. The summed E-state index contributed by atoms with van der Waals surface area (Å²) in [6, 6.07) is 9.69. The number of carbonyl (C=O) groups excluding carboxylic acids is 1. The first-order valence-corrected chi connectivity index (χ1v) is 11.7. The smallest absolute Gasteiger partial charge is 0.338 e. The summed E-state index contributed by atoms with van der Waals surface area (Å²) in [6.45, 7) is 8.70. The van der Waals surface area contributed by atoms with Crippen molar-refractivity contribution >= 4 is 11.8 Å². The van der Waals surface area contributed by atoms with E-state index in [1.54, 1.807) is 6.07 Å². The van der Waals surface area contributed by atoms with E-state index >= 15 is 0 Å². The molecule has 1 aromatic heterocycles. The van der Waals surface area contributed by atoms with E-state index in [2.05, 4.69) is 20.9 Å². The van der Waals surface area contributed by atoms with Crippen LogP contribution < -0.4 is 4.90 Å². The van der Waals surface area contributed by atoms with Crippen molar-refractivity contribution in [3.8, 4) is 6.07 Å². The number of hydrogen-bond acceptors (Lipinski definition) is 7. The van der Waals surface area contributed by atoms with E-state index < -0.39 is 6.10 Å². The first-order valence-electron chi connectivity index (χ1n) is 11.7. The number of β-amino-alcohol motifs (C(OH)–C–C–N with tert-alkyl or cyclic N) is 1. The Labute approximate surface area is 194 Å². The normalized spacial score (nSPS) is 20.5. The van der Waals surface area contributed by atoms with Gasteiger partial charge in [0.25, 0.3) is 0 Å². The second-order valence-electron chi connectivity index (χ2n) is 9.78. The average Bonchev–Trinajstić information content (AvgIpc) is 3.40. The zero-order chi connectivity index (χ0) is 23.2. The molecule has 1 aromatic carbocycles. The Kier molecular flexibility index (Phi) is 5.59. The zero-order valence-corrected chi connectivity index (χ0v) is 19.3. The molecule has 1 atom stereocenters. The molecule has 172 valence electrons. The van der Waals surface area contributed by atoms with Crippen molar-refractivity contribution in [1.82, 2.24) is 9.88 Å². The number of aromatic nitrogens is 1. The predicted octanol–water partition coefficient (Wildman–Crippen LogP) is 3.27. The molecule has 7 nitrogen and oxygen atoms in total. The van der Waals surface area contributed by atoms with E-state index in [9.17, 15) is 9.90 Å². The van der Waals surface area contributed by atoms with E-state index in [1.165, 1.54) is 0 Å². The molecule has 7 heteroatoms. The molecule has 3 aliphatic rings. The fourth-order valence-corrected chi connectivity index (χ4v) is 5.66. The number of aryl methyl sites for hydroxylation is 1. The first kappa shape index (κ1) is 21.9. The van der Waals surface area contributed by atoms with Gasteiger partial charge in [-0.1, -0.05) is 6.07 Å². The minimum absolute atomic E-state index is 0.271. The van der Waals surface area contributed by atoms with Crippen molar-refractivity contribution in [3.05, 3.63) is 57.8 Å². The Morgan fingerprint density at radius 1 is 1.18 bits per heavy atom. The van der Waals surface area contributed by atoms with Gasteiger partial charge in [0.2, 0.25) is 0 Å². The van der Waals surface area contributed by atoms with Crippen molar-refractivity contribution in [3.63, 3.8) is 0 Å². The molecule has 0 amide bonds. The van der Waals surface area contributed by atoms with Gasteiger partial charge in [-0.15, -0.1) is 0 Å². The number of anilines is 1. The van der Waals surface area contributed by atoms with Crippen LogP contribution in [0.3, 0.4) is 0 Å². The Hall–Kier alpha value is -2.95. The van der Waals surface area contributed by atoms with Gasteiger partial charge in [0, 0.05) is 25.2 Å². The Bertz CT molecular complexity index is 1130. The number of likely N-dealkylation sites (tertiary alicyclic amines) is 1. The van der Waals surface area contributed by atoms with Crippen molar-refractivity contribution < 1.29 is 14.6 Å². The number of esters is 1. The number of nitrogens with zero attached hydrogens (tertiary/aromatic N) is 4. The van der Waals surface area contributed by atoms with Gasteiger partial charge in [0.05, 0.1) is 22.9 Å². The summed E-state index contributed by atoms with van der Waals surface area (Å²) in [5.41, 5.74) is 5.12. The van der Waals surface area contributed by atoms with Gasteiger partial charge in [-0.2, -0.15) is 5.26 Å². The Morgan fingerprint density at radius 3 is 2.67 bits per heavy atom. The van der Waals surface area contributed by atoms with Crippen LogP contribution in [0.1, 0.15) is 63.7 Å². The lowest BCUT2D eigenvalue weighted by atomic mass is 9.77. The summed E-state index contributed by atoms with van der Waals surface area (Å²) in [5.74, 6) is 0.697. The topological polar surface area (TPSA) is 89.7 Å². The summed E-state index contributed by atoms with van der Waals surface area (Å²) in [4.78, 5) is 21.2. The lowest BCUT2D eigenvalue weighted by Crippen LogP contribution is -2.43. The molecule has 3 aliphatic heterocycles. The molecule has 2 aromatic rings. The number of benzene rings is 1. The summed E-state index contributed by atoms with van der Waals surface area (Å²) in [5, 5.41) is 20.1. The van der Waals surface area contributed by atoms with Crippen molar-refractivity contribution in [2.24, 2.45) is 5.41 Å². The monoisotopic (exact) mass is 446 g/mol. The SMILES string of the molecule is Cc1nc(N2CCC3(CCN(CC(O)c4ccc5c(c4C)COC5=O)CC3)C2)ccc1C#N. The number of piperidine rings is 1. The number of nitriles is 1. The third-order valence-corrected chi connectivity index (χ3v) is 7.87. The second kappa shape index (κ2) is 8.44. The molecular formula is C26H30N4O3. The van der Waals surface area contributed by atoms with Crippen LogP contribution in [0.25, 0.3) is 0 Å². The number of aliphatic hydroxyl groups is 1. The van der Waals surface area contributed by atoms with Gasteiger partial charge in [-0.25, -0.2) is 9.78 Å². The minimum atomic E-state index is -0.578. The quantitative estimate of drug-likeness (QED) is 0.721. The van der Waals surface area contributed by atoms with Crippen molar-refractivity contribution in [2.45, 2.75) is 45.8 Å². The number of rotatable bonds is 4. The molecule has 5 rings (SSSR count). The van der Waals surface area contributed by atoms with Crippen LogP contribution in [0.2, 0.25) is 0 Å². The van der Waals surface area contributed by atoms with Crippen LogP contribution in [-0.2, 0) is 11.3 Å². The maximum atomic E-state index is 11.8. The van der Waals surface area contributed by atoms with E-state index in [-0.39, 0.29) is 5.97 Å². The molecule has 0 aliphatic carbocycles. The maximum absolute atomic E-state index is 11.8. The Morgan fingerprint density at radius 2 is 1.94 bits per heavy atom. The average molecular weight is 447 g/mol.